The van der Waals surface area contributed by atoms with E-state index >= 15 is 0 Å². The summed E-state index contributed by atoms with van der Waals surface area (Å²) in [5.41, 5.74) is 0.424. The fourth-order valence-corrected chi connectivity index (χ4v) is 3.94. The fourth-order valence-electron chi connectivity index (χ4n) is 2.59. The third kappa shape index (κ3) is 4.23. The van der Waals surface area contributed by atoms with E-state index in [1.54, 1.807) is 17.0 Å². The van der Waals surface area contributed by atoms with Gasteiger partial charge in [-0.15, -0.1) is 12.4 Å². The zero-order valence-corrected chi connectivity index (χ0v) is 14.6. The van der Waals surface area contributed by atoms with Crippen LogP contribution in [-0.4, -0.2) is 50.9 Å². The van der Waals surface area contributed by atoms with Crippen molar-refractivity contribution in [2.24, 2.45) is 0 Å². The Morgan fingerprint density at radius 1 is 1.35 bits per heavy atom. The Morgan fingerprint density at radius 2 is 2.09 bits per heavy atom. The van der Waals surface area contributed by atoms with Gasteiger partial charge >= 0.3 is 0 Å². The lowest BCUT2D eigenvalue weighted by Gasteiger charge is -2.34. The number of hydrogen-bond donors (Lipinski definition) is 2. The van der Waals surface area contributed by atoms with Crippen molar-refractivity contribution in [1.82, 2.24) is 14.9 Å². The number of halogens is 1. The molecule has 128 valence electrons. The molecule has 0 aromatic heterocycles. The minimum atomic E-state index is -3.53. The highest BCUT2D eigenvalue weighted by Crippen LogP contribution is 2.23. The number of rotatable bonds is 4. The summed E-state index contributed by atoms with van der Waals surface area (Å²) in [4.78, 5) is 14.6. The van der Waals surface area contributed by atoms with Crippen molar-refractivity contribution in [2.45, 2.75) is 36.7 Å². The minimum absolute atomic E-state index is 0. The molecule has 2 N–H and O–H groups in total. The van der Waals surface area contributed by atoms with E-state index in [-0.39, 0.29) is 35.3 Å². The predicted molar refractivity (Wildman–Crippen MR) is 90.4 cm³/mol. The van der Waals surface area contributed by atoms with E-state index in [4.69, 9.17) is 0 Å². The van der Waals surface area contributed by atoms with Crippen LogP contribution in [0.15, 0.2) is 29.2 Å². The molecule has 1 saturated carbocycles. The Labute approximate surface area is 143 Å². The second-order valence-electron chi connectivity index (χ2n) is 5.98. The van der Waals surface area contributed by atoms with E-state index in [1.165, 1.54) is 12.1 Å². The van der Waals surface area contributed by atoms with Gasteiger partial charge in [-0.1, -0.05) is 6.07 Å². The van der Waals surface area contributed by atoms with E-state index < -0.39 is 10.0 Å². The number of carbonyl (C=O) groups is 1. The van der Waals surface area contributed by atoms with E-state index in [0.717, 1.165) is 25.9 Å². The average Bonchev–Trinajstić information content (AvgIpc) is 3.30. The quantitative estimate of drug-likeness (QED) is 0.840. The number of nitrogens with zero attached hydrogens (tertiary/aromatic N) is 1. The van der Waals surface area contributed by atoms with E-state index in [1.807, 2.05) is 6.92 Å². The molecule has 1 aromatic rings. The number of nitrogens with one attached hydrogen (secondary N) is 2. The summed E-state index contributed by atoms with van der Waals surface area (Å²) in [5.74, 6) is -0.113. The Balaban J connectivity index is 0.00000192. The van der Waals surface area contributed by atoms with E-state index in [0.29, 0.717) is 12.1 Å². The lowest BCUT2D eigenvalue weighted by Crippen LogP contribution is -2.52. The van der Waals surface area contributed by atoms with Gasteiger partial charge < -0.3 is 10.2 Å². The molecule has 1 aromatic carbocycles. The molecular weight excluding hydrogens is 338 g/mol. The smallest absolute Gasteiger partial charge is 0.254 e. The summed E-state index contributed by atoms with van der Waals surface area (Å²) in [6.07, 6.45) is 1.77. The third-order valence-electron chi connectivity index (χ3n) is 4.05. The van der Waals surface area contributed by atoms with Crippen molar-refractivity contribution in [2.75, 3.05) is 19.6 Å². The Morgan fingerprint density at radius 3 is 2.74 bits per heavy atom. The van der Waals surface area contributed by atoms with Gasteiger partial charge in [0.1, 0.15) is 0 Å². The van der Waals surface area contributed by atoms with Crippen LogP contribution in [0.1, 0.15) is 30.1 Å². The molecule has 8 heteroatoms. The number of carbonyl (C=O) groups excluding carboxylic acids is 1. The lowest BCUT2D eigenvalue weighted by atomic mass is 10.1. The number of benzene rings is 1. The molecule has 1 amide bonds. The van der Waals surface area contributed by atoms with Gasteiger partial charge in [-0.05, 0) is 38.0 Å². The van der Waals surface area contributed by atoms with Gasteiger partial charge in [0.2, 0.25) is 10.0 Å². The summed E-state index contributed by atoms with van der Waals surface area (Å²) in [7, 11) is -3.53. The van der Waals surface area contributed by atoms with Gasteiger partial charge in [0.05, 0.1) is 4.90 Å². The van der Waals surface area contributed by atoms with Crippen LogP contribution in [0, 0.1) is 0 Å². The van der Waals surface area contributed by atoms with Crippen LogP contribution in [0.2, 0.25) is 0 Å². The minimum Gasteiger partial charge on any atom is -0.333 e. The molecule has 1 saturated heterocycles. The second-order valence-corrected chi connectivity index (χ2v) is 7.69. The van der Waals surface area contributed by atoms with Gasteiger partial charge in [0.25, 0.3) is 5.91 Å². The summed E-state index contributed by atoms with van der Waals surface area (Å²) in [5, 5.41) is 3.24. The Bertz CT molecular complexity index is 676. The highest BCUT2D eigenvalue weighted by molar-refractivity contribution is 7.89. The Hall–Kier alpha value is -1.15. The van der Waals surface area contributed by atoms with Crippen molar-refractivity contribution in [3.8, 4) is 0 Å². The molecule has 2 aliphatic rings. The lowest BCUT2D eigenvalue weighted by molar-refractivity contribution is 0.0655. The maximum absolute atomic E-state index is 12.6. The summed E-state index contributed by atoms with van der Waals surface area (Å²) in [6.45, 7) is 4.14. The van der Waals surface area contributed by atoms with Gasteiger partial charge in [0, 0.05) is 37.3 Å². The zero-order valence-electron chi connectivity index (χ0n) is 13.0. The third-order valence-corrected chi connectivity index (χ3v) is 5.57. The van der Waals surface area contributed by atoms with Gasteiger partial charge in [0.15, 0.2) is 0 Å². The number of sulfonamides is 1. The number of piperazine rings is 1. The molecule has 0 radical (unpaired) electrons. The molecule has 0 spiro atoms. The zero-order chi connectivity index (χ0) is 15.7. The molecule has 23 heavy (non-hydrogen) atoms. The van der Waals surface area contributed by atoms with Crippen LogP contribution >= 0.6 is 12.4 Å². The number of amides is 1. The molecule has 0 unspecified atom stereocenters. The molecule has 1 heterocycles. The maximum Gasteiger partial charge on any atom is 0.254 e. The first kappa shape index (κ1) is 18.2. The van der Waals surface area contributed by atoms with Gasteiger partial charge in [-0.25, -0.2) is 13.1 Å². The van der Waals surface area contributed by atoms with Crippen LogP contribution < -0.4 is 10.0 Å². The van der Waals surface area contributed by atoms with E-state index in [2.05, 4.69) is 10.0 Å². The number of hydrogen-bond acceptors (Lipinski definition) is 4. The Kier molecular flexibility index (Phi) is 5.67. The van der Waals surface area contributed by atoms with Crippen molar-refractivity contribution in [3.63, 3.8) is 0 Å². The topological polar surface area (TPSA) is 78.5 Å². The van der Waals surface area contributed by atoms with Crippen molar-refractivity contribution < 1.29 is 13.2 Å². The molecule has 0 bridgehead atoms. The predicted octanol–water partition coefficient (Wildman–Crippen LogP) is 0.983. The summed E-state index contributed by atoms with van der Waals surface area (Å²) in [6, 6.07) is 6.46. The SMILES string of the molecule is C[C@H]1CNCCN1C(=O)c1cccc(S(=O)(=O)NC2CC2)c1.Cl. The first-order valence-electron chi connectivity index (χ1n) is 7.61. The average molecular weight is 360 g/mol. The van der Waals surface area contributed by atoms with Crippen LogP contribution in [0.25, 0.3) is 0 Å². The maximum atomic E-state index is 12.6. The highest BCUT2D eigenvalue weighted by atomic mass is 35.5. The molecule has 6 nitrogen and oxygen atoms in total. The van der Waals surface area contributed by atoms with Gasteiger partial charge in [-0.3, -0.25) is 4.79 Å². The first-order chi connectivity index (χ1) is 10.5. The van der Waals surface area contributed by atoms with Crippen molar-refractivity contribution >= 4 is 28.3 Å². The van der Waals surface area contributed by atoms with Crippen LogP contribution in [0.3, 0.4) is 0 Å². The summed E-state index contributed by atoms with van der Waals surface area (Å²) >= 11 is 0. The largest absolute Gasteiger partial charge is 0.333 e. The van der Waals surface area contributed by atoms with Crippen LogP contribution in [-0.2, 0) is 10.0 Å². The second kappa shape index (κ2) is 7.17. The van der Waals surface area contributed by atoms with Crippen LogP contribution in [0.5, 0.6) is 0 Å². The fraction of sp³-hybridized carbons (Fsp3) is 0.533. The van der Waals surface area contributed by atoms with E-state index in [9.17, 15) is 13.2 Å². The summed E-state index contributed by atoms with van der Waals surface area (Å²) < 4.78 is 27.1. The van der Waals surface area contributed by atoms with Crippen molar-refractivity contribution in [3.05, 3.63) is 29.8 Å². The van der Waals surface area contributed by atoms with Crippen molar-refractivity contribution in [1.29, 1.82) is 0 Å². The molecular formula is C15H22ClN3O3S. The molecule has 3 rings (SSSR count). The van der Waals surface area contributed by atoms with Crippen LogP contribution in [0.4, 0.5) is 0 Å². The normalized spacial score (nSPS) is 21.6. The monoisotopic (exact) mass is 359 g/mol. The molecule has 1 atom stereocenters. The first-order valence-corrected chi connectivity index (χ1v) is 9.10. The van der Waals surface area contributed by atoms with Gasteiger partial charge in [-0.2, -0.15) is 0 Å². The molecule has 1 aliphatic heterocycles. The standard InChI is InChI=1S/C15H21N3O3S.ClH/c1-11-10-16-7-8-18(11)15(19)12-3-2-4-14(9-12)22(20,21)17-13-5-6-13;/h2-4,9,11,13,16-17H,5-8,10H2,1H3;1H/t11-;/m0./s1. The molecule has 2 fully saturated rings. The molecule has 1 aliphatic carbocycles. The highest BCUT2D eigenvalue weighted by Gasteiger charge is 2.29.